The monoisotopic (exact) mass is 567 g/mol. The summed E-state index contributed by atoms with van der Waals surface area (Å²) in [5, 5.41) is 15.1. The fourth-order valence-corrected chi connectivity index (χ4v) is 5.47. The summed E-state index contributed by atoms with van der Waals surface area (Å²) < 4.78 is 39.2. The van der Waals surface area contributed by atoms with Gasteiger partial charge < -0.3 is 10.4 Å². The minimum absolute atomic E-state index is 0.139. The predicted molar refractivity (Wildman–Crippen MR) is 152 cm³/mol. The number of Topliss-reactive ketones (excluding diaryl/α,β-unsaturated/α-hetero) is 1. The van der Waals surface area contributed by atoms with E-state index in [2.05, 4.69) is 24.1 Å². The molecule has 2 N–H and O–H groups in total. The fraction of sp³-hybridized carbons (Fsp3) is 0.290. The average Bonchev–Trinajstić information content (AvgIpc) is 2.92. The molecule has 3 aromatic carbocycles. The zero-order chi connectivity index (χ0) is 28.6. The smallest absolute Gasteiger partial charge is 0.416 e. The number of rotatable bonds is 7. The summed E-state index contributed by atoms with van der Waals surface area (Å²) in [6.45, 7) is 6.38. The van der Waals surface area contributed by atoms with Gasteiger partial charge in [0.2, 0.25) is 0 Å². The number of carbonyl (C=O) groups excluding carboxylic acids is 1. The Hall–Kier alpha value is -3.62. The first-order valence-corrected chi connectivity index (χ1v) is 13.6. The number of benzene rings is 3. The molecule has 1 aliphatic rings. The van der Waals surface area contributed by atoms with E-state index in [1.165, 1.54) is 12.1 Å². The summed E-state index contributed by atoms with van der Waals surface area (Å²) in [5.74, 6) is -0.241. The first kappa shape index (κ1) is 27.9. The lowest BCUT2D eigenvalue weighted by Crippen LogP contribution is -2.22. The van der Waals surface area contributed by atoms with Gasteiger partial charge in [0.1, 0.15) is 5.75 Å². The molecule has 1 aliphatic carbocycles. The van der Waals surface area contributed by atoms with Crippen molar-refractivity contribution in [2.24, 2.45) is 0 Å². The molecule has 0 bridgehead atoms. The van der Waals surface area contributed by atoms with Crippen LogP contribution in [0, 0.1) is 0 Å². The van der Waals surface area contributed by atoms with Gasteiger partial charge in [-0.3, -0.25) is 14.7 Å². The van der Waals surface area contributed by atoms with Crippen LogP contribution >= 0.6 is 11.6 Å². The maximum absolute atomic E-state index is 13.6. The molecule has 1 heterocycles. The number of nitrogens with one attached hydrogen (secondary N) is 1. The Morgan fingerprint density at radius 3 is 2.42 bits per heavy atom. The van der Waals surface area contributed by atoms with Crippen LogP contribution in [-0.2, 0) is 19.1 Å². The van der Waals surface area contributed by atoms with Crippen LogP contribution in [0.4, 0.5) is 24.5 Å². The zero-order valence-corrected chi connectivity index (χ0v) is 22.9. The van der Waals surface area contributed by atoms with Gasteiger partial charge in [0.25, 0.3) is 0 Å². The van der Waals surface area contributed by atoms with Gasteiger partial charge in [0, 0.05) is 34.6 Å². The largest absolute Gasteiger partial charge is 0.508 e. The second-order valence-electron chi connectivity index (χ2n) is 10.0. The van der Waals surface area contributed by atoms with Gasteiger partial charge in [-0.15, -0.1) is 0 Å². The summed E-state index contributed by atoms with van der Waals surface area (Å²) in [4.78, 5) is 20.6. The molecule has 0 saturated carbocycles. The number of hydrogen-bond acceptors (Lipinski definition) is 5. The number of carbonyl (C=O) groups is 1. The number of halogens is 4. The van der Waals surface area contributed by atoms with Crippen molar-refractivity contribution >= 4 is 39.7 Å². The third-order valence-electron chi connectivity index (χ3n) is 7.52. The highest BCUT2D eigenvalue weighted by atomic mass is 35.5. The molecule has 4 aromatic rings. The lowest BCUT2D eigenvalue weighted by molar-refractivity contribution is -0.137. The van der Waals surface area contributed by atoms with E-state index in [1.807, 2.05) is 12.1 Å². The molecule has 1 atom stereocenters. The molecule has 0 spiro atoms. The highest BCUT2D eigenvalue weighted by Gasteiger charge is 2.33. The van der Waals surface area contributed by atoms with Crippen LogP contribution < -0.4 is 5.32 Å². The highest BCUT2D eigenvalue weighted by Crippen LogP contribution is 2.41. The quantitative estimate of drug-likeness (QED) is 0.221. The number of aromatic hydroxyl groups is 1. The molecule has 40 heavy (non-hydrogen) atoms. The van der Waals surface area contributed by atoms with Gasteiger partial charge in [-0.25, -0.2) is 0 Å². The number of alkyl halides is 3. The molecule has 0 amide bonds. The van der Waals surface area contributed by atoms with Crippen LogP contribution in [0.3, 0.4) is 0 Å². The van der Waals surface area contributed by atoms with Crippen LogP contribution in [0.1, 0.15) is 58.9 Å². The van der Waals surface area contributed by atoms with Crippen LogP contribution in [0.25, 0.3) is 10.9 Å². The van der Waals surface area contributed by atoms with Crippen molar-refractivity contribution in [3.8, 4) is 5.75 Å². The SMILES string of the molecule is CCN(CC)Cc1cc(Nc2c3c(nc4cc(Cl)ccc24)CC(c2ccc(C(F)(F)F)cc2)CC3=O)ccc1O. The number of nitrogens with zero attached hydrogens (tertiary/aromatic N) is 2. The number of aromatic nitrogens is 1. The van der Waals surface area contributed by atoms with Gasteiger partial charge in [0.05, 0.1) is 28.0 Å². The molecule has 0 aliphatic heterocycles. The third kappa shape index (κ3) is 5.64. The Labute approximate surface area is 235 Å². The van der Waals surface area contributed by atoms with Crippen molar-refractivity contribution < 1.29 is 23.1 Å². The Morgan fingerprint density at radius 2 is 1.75 bits per heavy atom. The minimum atomic E-state index is -4.42. The van der Waals surface area contributed by atoms with Crippen molar-refractivity contribution in [2.75, 3.05) is 18.4 Å². The summed E-state index contributed by atoms with van der Waals surface area (Å²) in [7, 11) is 0. The molecule has 208 valence electrons. The molecule has 5 rings (SSSR count). The lowest BCUT2D eigenvalue weighted by Gasteiger charge is -2.27. The average molecular weight is 568 g/mol. The summed E-state index contributed by atoms with van der Waals surface area (Å²) >= 11 is 6.28. The highest BCUT2D eigenvalue weighted by molar-refractivity contribution is 6.31. The topological polar surface area (TPSA) is 65.5 Å². The van der Waals surface area contributed by atoms with Gasteiger partial charge >= 0.3 is 6.18 Å². The molecule has 0 saturated heterocycles. The lowest BCUT2D eigenvalue weighted by atomic mass is 9.80. The molecule has 1 unspecified atom stereocenters. The molecule has 1 aromatic heterocycles. The predicted octanol–water partition coefficient (Wildman–Crippen LogP) is 8.11. The minimum Gasteiger partial charge on any atom is -0.508 e. The van der Waals surface area contributed by atoms with E-state index < -0.39 is 11.7 Å². The van der Waals surface area contributed by atoms with E-state index in [0.29, 0.717) is 51.7 Å². The van der Waals surface area contributed by atoms with E-state index in [9.17, 15) is 23.1 Å². The normalized spacial score (nSPS) is 15.5. The number of phenolic OH excluding ortho intramolecular Hbond substituents is 1. The summed E-state index contributed by atoms with van der Waals surface area (Å²) in [6, 6.07) is 15.5. The van der Waals surface area contributed by atoms with Crippen molar-refractivity contribution in [3.05, 3.63) is 93.6 Å². The number of phenols is 1. The maximum atomic E-state index is 13.6. The van der Waals surface area contributed by atoms with Gasteiger partial charge in [-0.1, -0.05) is 37.6 Å². The van der Waals surface area contributed by atoms with E-state index in [1.54, 1.807) is 24.3 Å². The van der Waals surface area contributed by atoms with Crippen LogP contribution in [-0.4, -0.2) is 33.9 Å². The summed E-state index contributed by atoms with van der Waals surface area (Å²) in [6.07, 6.45) is -3.88. The molecule has 0 fully saturated rings. The van der Waals surface area contributed by atoms with E-state index >= 15 is 0 Å². The van der Waals surface area contributed by atoms with Crippen LogP contribution in [0.2, 0.25) is 5.02 Å². The van der Waals surface area contributed by atoms with E-state index in [4.69, 9.17) is 16.6 Å². The molecule has 5 nitrogen and oxygen atoms in total. The van der Waals surface area contributed by atoms with Crippen molar-refractivity contribution in [1.29, 1.82) is 0 Å². The molecular weight excluding hydrogens is 539 g/mol. The fourth-order valence-electron chi connectivity index (χ4n) is 5.30. The van der Waals surface area contributed by atoms with Crippen molar-refractivity contribution in [3.63, 3.8) is 0 Å². The Balaban J connectivity index is 1.55. The maximum Gasteiger partial charge on any atom is 0.416 e. The van der Waals surface area contributed by atoms with Gasteiger partial charge in [0.15, 0.2) is 5.78 Å². The van der Waals surface area contributed by atoms with Crippen molar-refractivity contribution in [2.45, 2.75) is 45.3 Å². The van der Waals surface area contributed by atoms with Crippen LogP contribution in [0.5, 0.6) is 5.75 Å². The Bertz CT molecular complexity index is 1570. The second-order valence-corrected chi connectivity index (χ2v) is 10.5. The number of hydrogen-bond donors (Lipinski definition) is 2. The standard InChI is InChI=1S/C31H29ClF3N3O2/c1-3-38(4-2)17-20-13-23(10-12-27(20)39)36-30-24-11-9-22(32)16-25(24)37-26-14-19(15-28(40)29(26)30)18-5-7-21(8-6-18)31(33,34)35/h5-13,16,19,39H,3-4,14-15,17H2,1-2H3,(H,36,37). The molecular formula is C31H29ClF3N3O2. The summed E-state index contributed by atoms with van der Waals surface area (Å²) in [5.41, 5.74) is 3.66. The van der Waals surface area contributed by atoms with Crippen molar-refractivity contribution in [1.82, 2.24) is 9.88 Å². The first-order valence-electron chi connectivity index (χ1n) is 13.2. The molecule has 9 heteroatoms. The van der Waals surface area contributed by atoms with Gasteiger partial charge in [-0.05, 0) is 79.5 Å². The zero-order valence-electron chi connectivity index (χ0n) is 22.1. The Morgan fingerprint density at radius 1 is 1.02 bits per heavy atom. The number of pyridine rings is 1. The third-order valence-corrected chi connectivity index (χ3v) is 7.76. The molecule has 0 radical (unpaired) electrons. The second kappa shape index (κ2) is 11.1. The number of ketones is 1. The van der Waals surface area contributed by atoms with Gasteiger partial charge in [-0.2, -0.15) is 13.2 Å². The number of anilines is 2. The Kier molecular flexibility index (Phi) is 7.75. The van der Waals surface area contributed by atoms with Crippen LogP contribution in [0.15, 0.2) is 60.7 Å². The first-order chi connectivity index (χ1) is 19.1. The van der Waals surface area contributed by atoms with E-state index in [-0.39, 0.29) is 23.9 Å². The number of fused-ring (bicyclic) bond motifs is 2. The van der Waals surface area contributed by atoms with E-state index in [0.717, 1.165) is 36.2 Å².